The second-order valence-electron chi connectivity index (χ2n) is 9.91. The molecule has 2 aromatic heterocycles. The average molecular weight is 473 g/mol. The minimum Gasteiger partial charge on any atom is -0.493 e. The third-order valence-corrected chi connectivity index (χ3v) is 7.01. The Morgan fingerprint density at radius 2 is 1.91 bits per heavy atom. The molecule has 2 aliphatic rings. The van der Waals surface area contributed by atoms with E-state index >= 15 is 0 Å². The maximum atomic E-state index is 6.15. The van der Waals surface area contributed by atoms with Crippen LogP contribution in [0.2, 0.25) is 5.15 Å². The summed E-state index contributed by atoms with van der Waals surface area (Å²) in [5, 5.41) is 9.80. The number of benzene rings is 1. The lowest BCUT2D eigenvalue weighted by Crippen LogP contribution is -2.33. The Hall–Kier alpha value is -2.09. The van der Waals surface area contributed by atoms with Crippen molar-refractivity contribution in [2.75, 3.05) is 33.8 Å². The van der Waals surface area contributed by atoms with Crippen LogP contribution in [0.5, 0.6) is 5.75 Å². The molecule has 0 amide bonds. The van der Waals surface area contributed by atoms with Gasteiger partial charge in [0.05, 0.1) is 24.4 Å². The SMILES string of the molecule is CN(C)Cc1c(OCC2CC2)ccc2c(CCC3CCN(Cc4cc(Cl)no4)CC3)noc12. The molecule has 5 rings (SSSR count). The van der Waals surface area contributed by atoms with Crippen LogP contribution < -0.4 is 4.74 Å². The molecule has 3 heterocycles. The first-order valence-corrected chi connectivity index (χ1v) is 12.4. The van der Waals surface area contributed by atoms with Crippen LogP contribution in [-0.4, -0.2) is 53.9 Å². The van der Waals surface area contributed by atoms with Gasteiger partial charge in [-0.3, -0.25) is 4.90 Å². The number of ether oxygens (including phenoxy) is 1. The van der Waals surface area contributed by atoms with Gasteiger partial charge in [0.25, 0.3) is 0 Å². The molecular formula is C25H33ClN4O3. The molecule has 33 heavy (non-hydrogen) atoms. The van der Waals surface area contributed by atoms with Crippen molar-refractivity contribution < 1.29 is 13.8 Å². The van der Waals surface area contributed by atoms with Crippen LogP contribution in [0.4, 0.5) is 0 Å². The number of halogens is 1. The van der Waals surface area contributed by atoms with Gasteiger partial charge in [-0.25, -0.2) is 0 Å². The van der Waals surface area contributed by atoms with Crippen molar-refractivity contribution in [1.82, 2.24) is 20.1 Å². The summed E-state index contributed by atoms with van der Waals surface area (Å²) < 4.78 is 17.3. The van der Waals surface area contributed by atoms with E-state index in [-0.39, 0.29) is 0 Å². The third-order valence-electron chi connectivity index (χ3n) is 6.83. The quantitative estimate of drug-likeness (QED) is 0.403. The molecule has 2 fully saturated rings. The molecule has 8 heteroatoms. The second-order valence-corrected chi connectivity index (χ2v) is 10.3. The van der Waals surface area contributed by atoms with Gasteiger partial charge >= 0.3 is 0 Å². The van der Waals surface area contributed by atoms with Crippen molar-refractivity contribution in [2.24, 2.45) is 11.8 Å². The molecule has 7 nitrogen and oxygen atoms in total. The Kier molecular flexibility index (Phi) is 6.90. The van der Waals surface area contributed by atoms with Gasteiger partial charge in [0.2, 0.25) is 0 Å². The van der Waals surface area contributed by atoms with Crippen LogP contribution in [0.25, 0.3) is 11.0 Å². The molecule has 0 bridgehead atoms. The van der Waals surface area contributed by atoms with E-state index in [1.165, 1.54) is 25.7 Å². The second kappa shape index (κ2) is 10.0. The number of hydrogen-bond donors (Lipinski definition) is 0. The lowest BCUT2D eigenvalue weighted by molar-refractivity contribution is 0.157. The number of rotatable bonds is 10. The highest BCUT2D eigenvalue weighted by Crippen LogP contribution is 2.35. The van der Waals surface area contributed by atoms with Gasteiger partial charge in [0.15, 0.2) is 16.5 Å². The number of nitrogens with zero attached hydrogens (tertiary/aromatic N) is 4. The molecule has 0 spiro atoms. The van der Waals surface area contributed by atoms with E-state index in [1.54, 1.807) is 6.07 Å². The fourth-order valence-corrected chi connectivity index (χ4v) is 4.88. The normalized spacial score (nSPS) is 17.9. The maximum Gasteiger partial charge on any atom is 0.175 e. The monoisotopic (exact) mass is 472 g/mol. The molecule has 178 valence electrons. The number of fused-ring (bicyclic) bond motifs is 1. The fraction of sp³-hybridized carbons (Fsp3) is 0.600. The molecule has 0 atom stereocenters. The van der Waals surface area contributed by atoms with Crippen molar-refractivity contribution >= 4 is 22.6 Å². The van der Waals surface area contributed by atoms with Gasteiger partial charge in [-0.2, -0.15) is 0 Å². The average Bonchev–Trinajstić information content (AvgIpc) is 3.40. The number of hydrogen-bond acceptors (Lipinski definition) is 7. The van der Waals surface area contributed by atoms with Gasteiger partial charge < -0.3 is 18.7 Å². The van der Waals surface area contributed by atoms with E-state index in [1.807, 2.05) is 0 Å². The molecule has 1 aromatic carbocycles. The third kappa shape index (κ3) is 5.70. The molecule has 3 aromatic rings. The van der Waals surface area contributed by atoms with Crippen molar-refractivity contribution in [3.05, 3.63) is 40.4 Å². The number of aryl methyl sites for hydroxylation is 1. The molecule has 0 unspecified atom stereocenters. The van der Waals surface area contributed by atoms with E-state index in [9.17, 15) is 0 Å². The Morgan fingerprint density at radius 1 is 1.09 bits per heavy atom. The van der Waals surface area contributed by atoms with E-state index in [4.69, 9.17) is 25.4 Å². The summed E-state index contributed by atoms with van der Waals surface area (Å²) in [6.45, 7) is 4.49. The zero-order valence-electron chi connectivity index (χ0n) is 19.6. The highest BCUT2D eigenvalue weighted by atomic mass is 35.5. The molecule has 1 saturated carbocycles. The number of aromatic nitrogens is 2. The standard InChI is InChI=1S/C25H33ClN4O3/c1-29(2)15-21-23(31-16-18-3-4-18)8-6-20-22(27-33-25(20)21)7-5-17-9-11-30(12-10-17)14-19-13-24(26)28-32-19/h6,8,13,17-18H,3-5,7,9-12,14-16H2,1-2H3. The van der Waals surface area contributed by atoms with Gasteiger partial charge in [0.1, 0.15) is 5.75 Å². The predicted molar refractivity (Wildman–Crippen MR) is 127 cm³/mol. The van der Waals surface area contributed by atoms with Crippen LogP contribution in [-0.2, 0) is 19.5 Å². The van der Waals surface area contributed by atoms with E-state index < -0.39 is 0 Å². The molecular weight excluding hydrogens is 440 g/mol. The topological polar surface area (TPSA) is 67.8 Å². The van der Waals surface area contributed by atoms with E-state index in [0.29, 0.717) is 11.1 Å². The summed E-state index contributed by atoms with van der Waals surface area (Å²) in [4.78, 5) is 4.57. The summed E-state index contributed by atoms with van der Waals surface area (Å²) in [5.74, 6) is 3.19. The van der Waals surface area contributed by atoms with Gasteiger partial charge in [-0.05, 0) is 89.7 Å². The molecule has 1 aliphatic heterocycles. The van der Waals surface area contributed by atoms with E-state index in [2.05, 4.69) is 46.3 Å². The molecule has 0 radical (unpaired) electrons. The van der Waals surface area contributed by atoms with Crippen molar-refractivity contribution in [3.8, 4) is 5.75 Å². The van der Waals surface area contributed by atoms with Crippen LogP contribution in [0, 0.1) is 11.8 Å². The van der Waals surface area contributed by atoms with Crippen LogP contribution in [0.1, 0.15) is 49.1 Å². The maximum absolute atomic E-state index is 6.15. The zero-order valence-corrected chi connectivity index (χ0v) is 20.3. The number of likely N-dealkylation sites (tertiary alicyclic amines) is 1. The Bertz CT molecular complexity index is 1070. The molecule has 0 N–H and O–H groups in total. The van der Waals surface area contributed by atoms with Gasteiger partial charge in [-0.15, -0.1) is 0 Å². The van der Waals surface area contributed by atoms with E-state index in [0.717, 1.165) is 85.3 Å². The first kappa shape index (κ1) is 22.7. The smallest absolute Gasteiger partial charge is 0.175 e. The summed E-state index contributed by atoms with van der Waals surface area (Å²) in [5.41, 5.74) is 3.06. The predicted octanol–water partition coefficient (Wildman–Crippen LogP) is 5.16. The van der Waals surface area contributed by atoms with Crippen LogP contribution in [0.15, 0.2) is 27.2 Å². The first-order chi connectivity index (χ1) is 16.0. The van der Waals surface area contributed by atoms with Crippen molar-refractivity contribution in [3.63, 3.8) is 0 Å². The van der Waals surface area contributed by atoms with Crippen LogP contribution in [0.3, 0.4) is 0 Å². The molecule has 1 aliphatic carbocycles. The van der Waals surface area contributed by atoms with Crippen LogP contribution >= 0.6 is 11.6 Å². The minimum absolute atomic E-state index is 0.426. The summed E-state index contributed by atoms with van der Waals surface area (Å²) in [6, 6.07) is 6.04. The minimum atomic E-state index is 0.426. The largest absolute Gasteiger partial charge is 0.493 e. The molecule has 1 saturated heterocycles. The van der Waals surface area contributed by atoms with Gasteiger partial charge in [-0.1, -0.05) is 21.9 Å². The summed E-state index contributed by atoms with van der Waals surface area (Å²) in [6.07, 6.45) is 7.01. The Balaban J connectivity index is 1.19. The first-order valence-electron chi connectivity index (χ1n) is 12.1. The van der Waals surface area contributed by atoms with Crippen molar-refractivity contribution in [1.29, 1.82) is 0 Å². The highest BCUT2D eigenvalue weighted by Gasteiger charge is 2.25. The summed E-state index contributed by atoms with van der Waals surface area (Å²) >= 11 is 5.86. The zero-order chi connectivity index (χ0) is 22.8. The Labute approximate surface area is 199 Å². The number of piperidine rings is 1. The highest BCUT2D eigenvalue weighted by molar-refractivity contribution is 6.29. The van der Waals surface area contributed by atoms with Crippen molar-refractivity contribution in [2.45, 2.75) is 51.6 Å². The van der Waals surface area contributed by atoms with Gasteiger partial charge in [0, 0.05) is 18.0 Å². The Morgan fingerprint density at radius 3 is 2.61 bits per heavy atom. The fourth-order valence-electron chi connectivity index (χ4n) is 4.72. The lowest BCUT2D eigenvalue weighted by Gasteiger charge is -2.31. The summed E-state index contributed by atoms with van der Waals surface area (Å²) in [7, 11) is 4.15. The lowest BCUT2D eigenvalue weighted by atomic mass is 9.91.